The average Bonchev–Trinajstić information content (AvgIpc) is 1.84. The van der Waals surface area contributed by atoms with Crippen molar-refractivity contribution in [2.24, 2.45) is 0 Å². The molecule has 0 aromatic rings. The van der Waals surface area contributed by atoms with Gasteiger partial charge < -0.3 is 5.95 Å². The minimum absolute atomic E-state index is 0. The van der Waals surface area contributed by atoms with Crippen LogP contribution in [0.3, 0.4) is 0 Å². The molecule has 7 heteroatoms. The Morgan fingerprint density at radius 2 is 1.89 bits per heavy atom. The summed E-state index contributed by atoms with van der Waals surface area (Å²) >= 11 is 0. The second-order valence-corrected chi connectivity index (χ2v) is 1.01. The van der Waals surface area contributed by atoms with Crippen LogP contribution in [0.5, 0.6) is 0 Å². The summed E-state index contributed by atoms with van der Waals surface area (Å²) < 4.78 is 14.3. The zero-order valence-electron chi connectivity index (χ0n) is 5.59. The van der Waals surface area contributed by atoms with Gasteiger partial charge in [-0.05, 0) is 0 Å². The molecule has 4 nitrogen and oxygen atoms in total. The molecule has 0 rings (SSSR count). The molecule has 0 amide bonds. The van der Waals surface area contributed by atoms with Crippen LogP contribution < -0.4 is 18.9 Å². The third-order valence-corrected chi connectivity index (χ3v) is 0.558. The summed E-state index contributed by atoms with van der Waals surface area (Å²) in [5.74, 6) is -3.06. The Labute approximate surface area is 65.9 Å². The SMILES string of the molecule is O=C(OF)C(=O)OP.[H-].[Li+]. The van der Waals surface area contributed by atoms with Crippen LogP contribution in [0.1, 0.15) is 1.43 Å². The fourth-order valence-corrected chi connectivity index (χ4v) is 0.176. The van der Waals surface area contributed by atoms with E-state index in [1.807, 2.05) is 0 Å². The number of hydrogen-bond donors (Lipinski definition) is 0. The monoisotopic (exact) mass is 148 g/mol. The molecule has 48 valence electrons. The summed E-state index contributed by atoms with van der Waals surface area (Å²) in [5, 5.41) is 0. The largest absolute Gasteiger partial charge is 1.00 e. The van der Waals surface area contributed by atoms with Gasteiger partial charge in [-0.2, -0.15) is 0 Å². The first-order valence-electron chi connectivity index (χ1n) is 1.46. The van der Waals surface area contributed by atoms with E-state index in [2.05, 4.69) is 9.47 Å². The van der Waals surface area contributed by atoms with Gasteiger partial charge in [0.2, 0.25) is 0 Å². The van der Waals surface area contributed by atoms with E-state index in [0.717, 1.165) is 0 Å². The molecule has 0 N–H and O–H groups in total. The smallest absolute Gasteiger partial charge is 1.00 e. The third-order valence-electron chi connectivity index (χ3n) is 0.344. The van der Waals surface area contributed by atoms with Gasteiger partial charge >= 0.3 is 30.8 Å². The Morgan fingerprint density at radius 1 is 1.44 bits per heavy atom. The molecule has 0 heterocycles. The van der Waals surface area contributed by atoms with Crippen molar-refractivity contribution in [3.8, 4) is 0 Å². The topological polar surface area (TPSA) is 52.6 Å². The molecule has 0 fully saturated rings. The second-order valence-electron chi connectivity index (χ2n) is 0.770. The van der Waals surface area contributed by atoms with Gasteiger partial charge in [-0.1, -0.05) is 0 Å². The van der Waals surface area contributed by atoms with Crippen LogP contribution in [0.15, 0.2) is 0 Å². The van der Waals surface area contributed by atoms with Gasteiger partial charge in [-0.25, -0.2) is 14.5 Å². The quantitative estimate of drug-likeness (QED) is 0.207. The molecule has 0 bridgehead atoms. The molecule has 0 saturated carbocycles. The van der Waals surface area contributed by atoms with Crippen LogP contribution in [0, 0.1) is 0 Å². The van der Waals surface area contributed by atoms with E-state index in [9.17, 15) is 14.1 Å². The van der Waals surface area contributed by atoms with Crippen molar-refractivity contribution in [2.45, 2.75) is 0 Å². The van der Waals surface area contributed by atoms with Gasteiger partial charge in [-0.15, -0.1) is 0 Å². The maximum atomic E-state index is 10.7. The van der Waals surface area contributed by atoms with Gasteiger partial charge in [0.05, 0.1) is 9.47 Å². The molecule has 9 heavy (non-hydrogen) atoms. The summed E-state index contributed by atoms with van der Waals surface area (Å²) in [6, 6.07) is 0. The van der Waals surface area contributed by atoms with Crippen molar-refractivity contribution in [1.82, 2.24) is 0 Å². The first kappa shape index (κ1) is 11.7. The summed E-state index contributed by atoms with van der Waals surface area (Å²) in [6.45, 7) is 0. The maximum absolute atomic E-state index is 10.7. The number of halogens is 1. The van der Waals surface area contributed by atoms with Crippen LogP contribution in [-0.2, 0) is 19.1 Å². The Hall–Kier alpha value is -0.103. The molecule has 0 aliphatic carbocycles. The average molecular weight is 148 g/mol. The normalized spacial score (nSPS) is 6.89. The van der Waals surface area contributed by atoms with E-state index in [4.69, 9.17) is 0 Å². The van der Waals surface area contributed by atoms with E-state index in [1.54, 1.807) is 0 Å². The van der Waals surface area contributed by atoms with Gasteiger partial charge in [0.25, 0.3) is 0 Å². The molecule has 0 aliphatic rings. The molecular weight excluding hydrogens is 145 g/mol. The first-order chi connectivity index (χ1) is 3.72. The van der Waals surface area contributed by atoms with Gasteiger partial charge in [0, 0.05) is 4.53 Å². The Kier molecular flexibility index (Phi) is 7.81. The second kappa shape index (κ2) is 6.02. The van der Waals surface area contributed by atoms with Crippen LogP contribution >= 0.6 is 9.47 Å². The summed E-state index contributed by atoms with van der Waals surface area (Å²) in [5.41, 5.74) is 0. The van der Waals surface area contributed by atoms with Crippen molar-refractivity contribution in [2.75, 3.05) is 0 Å². The molecule has 0 aromatic carbocycles. The summed E-state index contributed by atoms with van der Waals surface area (Å²) in [4.78, 5) is 21.9. The van der Waals surface area contributed by atoms with Crippen molar-refractivity contribution >= 4 is 21.4 Å². The van der Waals surface area contributed by atoms with Crippen molar-refractivity contribution in [3.63, 3.8) is 0 Å². The van der Waals surface area contributed by atoms with Crippen molar-refractivity contribution in [3.05, 3.63) is 0 Å². The van der Waals surface area contributed by atoms with Crippen LogP contribution in [-0.4, -0.2) is 11.9 Å². The number of rotatable bonds is 0. The minimum atomic E-state index is -1.67. The first-order valence-corrected chi connectivity index (χ1v) is 1.93. The van der Waals surface area contributed by atoms with E-state index in [-0.39, 0.29) is 20.3 Å². The Balaban J connectivity index is -0.000000245. The zero-order chi connectivity index (χ0) is 6.57. The van der Waals surface area contributed by atoms with Crippen LogP contribution in [0.2, 0.25) is 0 Å². The summed E-state index contributed by atoms with van der Waals surface area (Å²) in [7, 11) is 1.47. The fourth-order valence-electron chi connectivity index (χ4n) is 0.0796. The maximum Gasteiger partial charge on any atom is 1.00 e. The molecule has 0 aromatic heterocycles. The van der Waals surface area contributed by atoms with Gasteiger partial charge in [-0.3, -0.25) is 0 Å². The molecule has 0 saturated heterocycles. The van der Waals surface area contributed by atoms with Crippen molar-refractivity contribution in [1.29, 1.82) is 0 Å². The number of carbonyl (C=O) groups excluding carboxylic acids is 2. The Morgan fingerprint density at radius 3 is 2.00 bits per heavy atom. The molecule has 0 spiro atoms. The predicted octanol–water partition coefficient (Wildman–Crippen LogP) is -3.14. The molecular formula is C2H3FLiO4P. The number of hydrogen-bond acceptors (Lipinski definition) is 4. The molecule has 1 atom stereocenters. The van der Waals surface area contributed by atoms with Crippen LogP contribution in [0.25, 0.3) is 0 Å². The summed E-state index contributed by atoms with van der Waals surface area (Å²) in [6.07, 6.45) is 0. The third kappa shape index (κ3) is 4.40. The fraction of sp³-hybridized carbons (Fsp3) is 0. The molecule has 0 aliphatic heterocycles. The number of carbonyl (C=O) groups is 2. The van der Waals surface area contributed by atoms with Crippen molar-refractivity contribution < 1.29 is 43.9 Å². The van der Waals surface area contributed by atoms with Crippen LogP contribution in [0.4, 0.5) is 4.53 Å². The van der Waals surface area contributed by atoms with Gasteiger partial charge in [0.1, 0.15) is 0 Å². The Bertz CT molecular complexity index is 108. The zero-order valence-corrected chi connectivity index (χ0v) is 5.74. The molecule has 1 unspecified atom stereocenters. The van der Waals surface area contributed by atoms with E-state index in [0.29, 0.717) is 0 Å². The van der Waals surface area contributed by atoms with Gasteiger partial charge in [0.15, 0.2) is 0 Å². The standard InChI is InChI=1S/C2H2FO4P.Li.H/c3-6-1(4)2(5)7-8;;/h8H2;;/q;+1;-1. The van der Waals surface area contributed by atoms with E-state index < -0.39 is 11.9 Å². The van der Waals surface area contributed by atoms with E-state index in [1.165, 1.54) is 9.47 Å². The minimum Gasteiger partial charge on any atom is -1.00 e. The van der Waals surface area contributed by atoms with E-state index >= 15 is 0 Å². The molecule has 0 radical (unpaired) electrons. The predicted molar refractivity (Wildman–Crippen MR) is 24.1 cm³/mol.